The van der Waals surface area contributed by atoms with Crippen LogP contribution in [0.2, 0.25) is 0 Å². The fourth-order valence-electron chi connectivity index (χ4n) is 1.41. The highest BCUT2D eigenvalue weighted by atomic mass is 31.0. The smallest absolute Gasteiger partial charge is 0.339 e. The van der Waals surface area contributed by atoms with Crippen molar-refractivity contribution in [3.8, 4) is 5.75 Å². The van der Waals surface area contributed by atoms with Crippen molar-refractivity contribution in [3.05, 3.63) is 23.8 Å². The zero-order chi connectivity index (χ0) is 13.7. The first-order valence-electron chi connectivity index (χ1n) is 5.37. The monoisotopic (exact) mass is 269 g/mol. The van der Waals surface area contributed by atoms with Gasteiger partial charge in [-0.25, -0.2) is 4.79 Å². The van der Waals surface area contributed by atoms with Gasteiger partial charge in [-0.1, -0.05) is 0 Å². The number of hydrogen-bond donors (Lipinski definition) is 0. The molecule has 18 heavy (non-hydrogen) atoms. The molecule has 0 spiro atoms. The van der Waals surface area contributed by atoms with Gasteiger partial charge >= 0.3 is 5.97 Å². The fraction of sp³-hybridized carbons (Fsp3) is 0.333. The van der Waals surface area contributed by atoms with Gasteiger partial charge in [0, 0.05) is 6.07 Å². The predicted octanol–water partition coefficient (Wildman–Crippen LogP) is 2.01. The van der Waals surface area contributed by atoms with Gasteiger partial charge in [-0.3, -0.25) is 9.46 Å². The van der Waals surface area contributed by atoms with Gasteiger partial charge < -0.3 is 9.47 Å². The number of ether oxygens (including phenoxy) is 2. The second kappa shape index (κ2) is 6.36. The number of carbonyl (C=O) groups excluding carboxylic acids is 2. The molecular weight excluding hydrogens is 253 g/mol. The van der Waals surface area contributed by atoms with E-state index in [1.165, 1.54) is 11.8 Å². The van der Waals surface area contributed by atoms with Crippen LogP contribution in [-0.2, 0) is 9.53 Å². The Morgan fingerprint density at radius 1 is 1.44 bits per heavy atom. The highest BCUT2D eigenvalue weighted by molar-refractivity contribution is 7.20. The molecule has 0 aliphatic rings. The lowest BCUT2D eigenvalue weighted by atomic mass is 10.1. The third-order valence-electron chi connectivity index (χ3n) is 2.14. The lowest BCUT2D eigenvalue weighted by Gasteiger charge is -2.17. The number of benzene rings is 1. The van der Waals surface area contributed by atoms with Crippen LogP contribution in [0.3, 0.4) is 0 Å². The highest BCUT2D eigenvalue weighted by Crippen LogP contribution is 2.28. The predicted molar refractivity (Wildman–Crippen MR) is 71.8 cm³/mol. The molecule has 98 valence electrons. The summed E-state index contributed by atoms with van der Waals surface area (Å²) in [5.74, 6) is 0.0809. The minimum atomic E-state index is -0.504. The third kappa shape index (κ3) is 3.44. The molecule has 1 atom stereocenters. The summed E-state index contributed by atoms with van der Waals surface area (Å²) in [4.78, 5) is 22.4. The summed E-state index contributed by atoms with van der Waals surface area (Å²) in [5, 5.41) is 0. The Morgan fingerprint density at radius 3 is 2.61 bits per heavy atom. The topological polar surface area (TPSA) is 55.8 Å². The van der Waals surface area contributed by atoms with Gasteiger partial charge in [0.15, 0.2) is 0 Å². The zero-order valence-electron chi connectivity index (χ0n) is 10.5. The van der Waals surface area contributed by atoms with Crippen LogP contribution in [0.1, 0.15) is 24.2 Å². The van der Waals surface area contributed by atoms with Crippen LogP contribution in [0.25, 0.3) is 0 Å². The zero-order valence-corrected chi connectivity index (χ0v) is 11.7. The maximum absolute atomic E-state index is 11.6. The van der Waals surface area contributed by atoms with Crippen LogP contribution in [0.4, 0.5) is 5.69 Å². The summed E-state index contributed by atoms with van der Waals surface area (Å²) in [6.45, 7) is 3.79. The average molecular weight is 269 g/mol. The molecule has 0 heterocycles. The molecule has 0 aliphatic carbocycles. The van der Waals surface area contributed by atoms with E-state index in [0.29, 0.717) is 23.4 Å². The van der Waals surface area contributed by atoms with Crippen molar-refractivity contribution in [2.24, 2.45) is 0 Å². The lowest BCUT2D eigenvalue weighted by molar-refractivity contribution is -0.106. The van der Waals surface area contributed by atoms with Gasteiger partial charge in [-0.15, -0.1) is 0 Å². The molecular formula is C12H16NO4P. The first-order chi connectivity index (χ1) is 8.49. The number of nitrogens with zero attached hydrogens (tertiary/aromatic N) is 1. The molecule has 0 aromatic heterocycles. The van der Waals surface area contributed by atoms with E-state index >= 15 is 0 Å². The van der Waals surface area contributed by atoms with Gasteiger partial charge in [0.2, 0.25) is 6.41 Å². The SMILES string of the molecule is COC(=O)c1ccc(OC(C)C)cc1N(P)C=O. The number of carbonyl (C=O) groups is 2. The number of rotatable bonds is 5. The summed E-state index contributed by atoms with van der Waals surface area (Å²) < 4.78 is 11.4. The Hall–Kier alpha value is -1.61. The first kappa shape index (κ1) is 14.5. The Labute approximate surface area is 108 Å². The second-order valence-corrected chi connectivity index (χ2v) is 4.41. The van der Waals surface area contributed by atoms with Crippen molar-refractivity contribution in [2.75, 3.05) is 11.8 Å². The van der Waals surface area contributed by atoms with Gasteiger partial charge in [0.1, 0.15) is 5.75 Å². The van der Waals surface area contributed by atoms with Crippen molar-refractivity contribution in [2.45, 2.75) is 20.0 Å². The molecule has 0 saturated heterocycles. The van der Waals surface area contributed by atoms with Gasteiger partial charge in [0.25, 0.3) is 0 Å². The average Bonchev–Trinajstić information content (AvgIpc) is 2.36. The van der Waals surface area contributed by atoms with E-state index in [1.54, 1.807) is 18.2 Å². The van der Waals surface area contributed by atoms with Crippen LogP contribution in [0.15, 0.2) is 18.2 Å². The Morgan fingerprint density at radius 2 is 2.11 bits per heavy atom. The summed E-state index contributed by atoms with van der Waals surface area (Å²) >= 11 is 0. The van der Waals surface area contributed by atoms with E-state index in [4.69, 9.17) is 4.74 Å². The van der Waals surface area contributed by atoms with E-state index in [2.05, 4.69) is 14.1 Å². The minimum Gasteiger partial charge on any atom is -0.491 e. The second-order valence-electron chi connectivity index (χ2n) is 3.85. The molecule has 1 aromatic rings. The van der Waals surface area contributed by atoms with E-state index < -0.39 is 5.97 Å². The largest absolute Gasteiger partial charge is 0.491 e. The van der Waals surface area contributed by atoms with Crippen LogP contribution < -0.4 is 9.41 Å². The molecule has 1 aromatic carbocycles. The van der Waals surface area contributed by atoms with E-state index in [9.17, 15) is 9.59 Å². The number of esters is 1. The number of methoxy groups -OCH3 is 1. The standard InChI is InChI=1S/C12H16NO4P/c1-8(2)17-9-4-5-10(12(15)16-3)11(6-9)13(18)7-14/h4-8H,18H2,1-3H3. The molecule has 1 rings (SSSR count). The van der Waals surface area contributed by atoms with Crippen molar-refractivity contribution in [3.63, 3.8) is 0 Å². The molecule has 0 saturated carbocycles. The molecule has 5 nitrogen and oxygen atoms in total. The molecule has 1 unspecified atom stereocenters. The van der Waals surface area contributed by atoms with Crippen molar-refractivity contribution < 1.29 is 19.1 Å². The summed E-state index contributed by atoms with van der Waals surface area (Å²) in [5.41, 5.74) is 0.718. The molecule has 0 fully saturated rings. The molecule has 6 heteroatoms. The number of anilines is 1. The lowest BCUT2D eigenvalue weighted by Crippen LogP contribution is -2.13. The fourth-order valence-corrected chi connectivity index (χ4v) is 1.62. The van der Waals surface area contributed by atoms with Crippen molar-refractivity contribution in [1.82, 2.24) is 0 Å². The molecule has 0 N–H and O–H groups in total. The van der Waals surface area contributed by atoms with Crippen LogP contribution in [0, 0.1) is 0 Å². The van der Waals surface area contributed by atoms with Gasteiger partial charge in [-0.2, -0.15) is 0 Å². The quantitative estimate of drug-likeness (QED) is 0.466. The Balaban J connectivity index is 3.20. The van der Waals surface area contributed by atoms with Gasteiger partial charge in [-0.05, 0) is 35.4 Å². The molecule has 0 aliphatic heterocycles. The van der Waals surface area contributed by atoms with Crippen LogP contribution in [-0.4, -0.2) is 25.6 Å². The van der Waals surface area contributed by atoms with E-state index in [0.717, 1.165) is 0 Å². The summed E-state index contributed by atoms with van der Waals surface area (Å²) in [6.07, 6.45) is 0.599. The number of hydrogen-bond acceptors (Lipinski definition) is 4. The Kier molecular flexibility index (Phi) is 5.10. The normalized spacial score (nSPS) is 10.1. The first-order valence-corrected chi connectivity index (χ1v) is 5.89. The molecule has 1 amide bonds. The van der Waals surface area contributed by atoms with E-state index in [-0.39, 0.29) is 6.10 Å². The van der Waals surface area contributed by atoms with E-state index in [1.807, 2.05) is 13.8 Å². The maximum Gasteiger partial charge on any atom is 0.339 e. The summed E-state index contributed by atoms with van der Waals surface area (Å²) in [6, 6.07) is 4.85. The Bertz CT molecular complexity index is 448. The van der Waals surface area contributed by atoms with Crippen LogP contribution >= 0.6 is 9.39 Å². The number of amides is 1. The van der Waals surface area contributed by atoms with Crippen molar-refractivity contribution >= 4 is 27.5 Å². The van der Waals surface area contributed by atoms with Crippen LogP contribution in [0.5, 0.6) is 5.75 Å². The minimum absolute atomic E-state index is 0.0102. The van der Waals surface area contributed by atoms with Crippen molar-refractivity contribution in [1.29, 1.82) is 0 Å². The molecule has 0 radical (unpaired) electrons. The third-order valence-corrected chi connectivity index (χ3v) is 2.54. The maximum atomic E-state index is 11.6. The summed E-state index contributed by atoms with van der Waals surface area (Å²) in [7, 11) is 3.51. The highest BCUT2D eigenvalue weighted by Gasteiger charge is 2.16. The molecule has 0 bridgehead atoms. The van der Waals surface area contributed by atoms with Gasteiger partial charge in [0.05, 0.1) is 24.5 Å².